The molecule has 0 amide bonds. The Bertz CT molecular complexity index is 648. The quantitative estimate of drug-likeness (QED) is 0.797. The lowest BCUT2D eigenvalue weighted by molar-refractivity contribution is -0.140. The second kappa shape index (κ2) is 5.31. The lowest BCUT2D eigenvalue weighted by Gasteiger charge is -2.26. The standard InChI is InChI=1S/C15H12ClF4N/c1-14(21,9-2-5-11(16)6-3-9)10-4-7-12(13(17)8-10)15(18,19)20/h2-8H,21H2,1H3. The van der Waals surface area contributed by atoms with Crippen molar-refractivity contribution in [1.29, 1.82) is 0 Å². The molecule has 1 nitrogen and oxygen atoms in total. The average Bonchev–Trinajstić information content (AvgIpc) is 2.37. The lowest BCUT2D eigenvalue weighted by Crippen LogP contribution is -2.34. The van der Waals surface area contributed by atoms with Gasteiger partial charge in [-0.1, -0.05) is 29.8 Å². The number of hydrogen-bond acceptors (Lipinski definition) is 1. The average molecular weight is 318 g/mol. The van der Waals surface area contributed by atoms with Crippen LogP contribution in [0.5, 0.6) is 0 Å². The Kier molecular flexibility index (Phi) is 4.00. The smallest absolute Gasteiger partial charge is 0.318 e. The molecule has 0 aliphatic carbocycles. The fraction of sp³-hybridized carbons (Fsp3) is 0.200. The summed E-state index contributed by atoms with van der Waals surface area (Å²) in [4.78, 5) is 0. The van der Waals surface area contributed by atoms with Gasteiger partial charge in [0.15, 0.2) is 0 Å². The van der Waals surface area contributed by atoms with Crippen LogP contribution in [0.25, 0.3) is 0 Å². The van der Waals surface area contributed by atoms with Gasteiger partial charge in [-0.05, 0) is 42.3 Å². The maximum absolute atomic E-state index is 13.7. The van der Waals surface area contributed by atoms with E-state index in [0.717, 1.165) is 6.07 Å². The normalized spacial score (nSPS) is 14.8. The minimum absolute atomic E-state index is 0.246. The van der Waals surface area contributed by atoms with Crippen molar-refractivity contribution in [2.75, 3.05) is 0 Å². The second-order valence-electron chi connectivity index (χ2n) is 4.90. The molecule has 2 aromatic carbocycles. The van der Waals surface area contributed by atoms with Crippen molar-refractivity contribution in [2.45, 2.75) is 18.6 Å². The van der Waals surface area contributed by atoms with Crippen molar-refractivity contribution in [3.63, 3.8) is 0 Å². The largest absolute Gasteiger partial charge is 0.419 e. The number of halogens is 5. The van der Waals surface area contributed by atoms with Gasteiger partial charge in [-0.15, -0.1) is 0 Å². The highest BCUT2D eigenvalue weighted by molar-refractivity contribution is 6.30. The Hall–Kier alpha value is -1.59. The summed E-state index contributed by atoms with van der Waals surface area (Å²) in [5, 5.41) is 0.508. The fourth-order valence-electron chi connectivity index (χ4n) is 2.03. The lowest BCUT2D eigenvalue weighted by atomic mass is 9.85. The van der Waals surface area contributed by atoms with Crippen molar-refractivity contribution in [3.8, 4) is 0 Å². The molecular formula is C15H12ClF4N. The molecule has 2 rings (SSSR count). The van der Waals surface area contributed by atoms with Gasteiger partial charge >= 0.3 is 6.18 Å². The summed E-state index contributed by atoms with van der Waals surface area (Å²) in [6.07, 6.45) is -4.73. The fourth-order valence-corrected chi connectivity index (χ4v) is 2.16. The molecule has 0 spiro atoms. The molecule has 2 aromatic rings. The van der Waals surface area contributed by atoms with Crippen LogP contribution in [0.2, 0.25) is 5.02 Å². The van der Waals surface area contributed by atoms with Gasteiger partial charge in [0, 0.05) is 5.02 Å². The molecule has 2 N–H and O–H groups in total. The Morgan fingerprint density at radius 1 is 0.952 bits per heavy atom. The van der Waals surface area contributed by atoms with Crippen molar-refractivity contribution >= 4 is 11.6 Å². The van der Waals surface area contributed by atoms with Crippen LogP contribution >= 0.6 is 11.6 Å². The van der Waals surface area contributed by atoms with Gasteiger partial charge in [-0.2, -0.15) is 13.2 Å². The van der Waals surface area contributed by atoms with Gasteiger partial charge < -0.3 is 5.73 Å². The predicted molar refractivity (Wildman–Crippen MR) is 73.5 cm³/mol. The number of hydrogen-bond donors (Lipinski definition) is 1. The van der Waals surface area contributed by atoms with Crippen LogP contribution in [0.15, 0.2) is 42.5 Å². The van der Waals surface area contributed by atoms with E-state index in [1.807, 2.05) is 0 Å². The van der Waals surface area contributed by atoms with Gasteiger partial charge in [0.25, 0.3) is 0 Å². The summed E-state index contributed by atoms with van der Waals surface area (Å²) in [6.45, 7) is 1.60. The second-order valence-corrected chi connectivity index (χ2v) is 5.34. The third-order valence-electron chi connectivity index (χ3n) is 3.32. The van der Waals surface area contributed by atoms with E-state index >= 15 is 0 Å². The Balaban J connectivity index is 2.46. The minimum atomic E-state index is -4.73. The van der Waals surface area contributed by atoms with E-state index in [4.69, 9.17) is 17.3 Å². The SMILES string of the molecule is CC(N)(c1ccc(Cl)cc1)c1ccc(C(F)(F)F)c(F)c1. The van der Waals surface area contributed by atoms with Gasteiger partial charge in [0.05, 0.1) is 11.1 Å². The van der Waals surface area contributed by atoms with Crippen LogP contribution in [-0.2, 0) is 11.7 Å². The molecule has 0 aliphatic heterocycles. The van der Waals surface area contributed by atoms with Crippen LogP contribution in [0.3, 0.4) is 0 Å². The molecular weight excluding hydrogens is 306 g/mol. The summed E-state index contributed by atoms with van der Waals surface area (Å²) in [6, 6.07) is 9.23. The molecule has 0 heterocycles. The first-order valence-corrected chi connectivity index (χ1v) is 6.42. The van der Waals surface area contributed by atoms with Crippen molar-refractivity contribution in [1.82, 2.24) is 0 Å². The molecule has 0 saturated heterocycles. The van der Waals surface area contributed by atoms with Crippen molar-refractivity contribution < 1.29 is 17.6 Å². The van der Waals surface area contributed by atoms with E-state index < -0.39 is 23.1 Å². The molecule has 0 saturated carbocycles. The zero-order chi connectivity index (χ0) is 15.8. The van der Waals surface area contributed by atoms with E-state index in [0.29, 0.717) is 16.7 Å². The molecule has 0 radical (unpaired) electrons. The minimum Gasteiger partial charge on any atom is -0.318 e. The van der Waals surface area contributed by atoms with Crippen LogP contribution in [0.4, 0.5) is 17.6 Å². The highest BCUT2D eigenvalue weighted by Gasteiger charge is 2.35. The van der Waals surface area contributed by atoms with Crippen molar-refractivity contribution in [3.05, 3.63) is 70.0 Å². The summed E-state index contributed by atoms with van der Waals surface area (Å²) in [5.74, 6) is -1.34. The van der Waals surface area contributed by atoms with Crippen LogP contribution in [0, 0.1) is 5.82 Å². The number of benzene rings is 2. The summed E-state index contributed by atoms with van der Waals surface area (Å²) in [7, 11) is 0. The maximum Gasteiger partial charge on any atom is 0.419 e. The highest BCUT2D eigenvalue weighted by Crippen LogP contribution is 2.34. The molecule has 112 valence electrons. The third-order valence-corrected chi connectivity index (χ3v) is 3.57. The van der Waals surface area contributed by atoms with Gasteiger partial charge in [0.1, 0.15) is 5.82 Å². The van der Waals surface area contributed by atoms with Gasteiger partial charge in [0.2, 0.25) is 0 Å². The van der Waals surface area contributed by atoms with Gasteiger partial charge in [-0.25, -0.2) is 4.39 Å². The third kappa shape index (κ3) is 3.19. The summed E-state index contributed by atoms with van der Waals surface area (Å²) < 4.78 is 51.3. The summed E-state index contributed by atoms with van der Waals surface area (Å²) >= 11 is 5.78. The Labute approximate surface area is 124 Å². The topological polar surface area (TPSA) is 26.0 Å². The predicted octanol–water partition coefficient (Wildman–Crippen LogP) is 4.72. The number of rotatable bonds is 2. The van der Waals surface area contributed by atoms with Crippen LogP contribution in [0.1, 0.15) is 23.6 Å². The van der Waals surface area contributed by atoms with E-state index in [2.05, 4.69) is 0 Å². The molecule has 0 fully saturated rings. The number of alkyl halides is 3. The molecule has 1 atom stereocenters. The monoisotopic (exact) mass is 317 g/mol. The first-order valence-electron chi connectivity index (χ1n) is 6.04. The maximum atomic E-state index is 13.7. The Morgan fingerprint density at radius 3 is 1.95 bits per heavy atom. The van der Waals surface area contributed by atoms with E-state index in [1.165, 1.54) is 6.07 Å². The number of nitrogens with two attached hydrogens (primary N) is 1. The van der Waals surface area contributed by atoms with Crippen LogP contribution in [-0.4, -0.2) is 0 Å². The highest BCUT2D eigenvalue weighted by atomic mass is 35.5. The zero-order valence-electron chi connectivity index (χ0n) is 11.0. The molecule has 0 aliphatic rings. The molecule has 0 aromatic heterocycles. The molecule has 1 unspecified atom stereocenters. The van der Waals surface area contributed by atoms with Crippen molar-refractivity contribution in [2.24, 2.45) is 5.73 Å². The molecule has 0 bridgehead atoms. The first-order chi connectivity index (χ1) is 9.62. The Morgan fingerprint density at radius 2 is 1.48 bits per heavy atom. The van der Waals surface area contributed by atoms with Crippen LogP contribution < -0.4 is 5.73 Å². The summed E-state index contributed by atoms with van der Waals surface area (Å²) in [5.41, 5.74) is 4.57. The first kappa shape index (κ1) is 15.8. The van der Waals surface area contributed by atoms with E-state index in [9.17, 15) is 17.6 Å². The van der Waals surface area contributed by atoms with Gasteiger partial charge in [-0.3, -0.25) is 0 Å². The van der Waals surface area contributed by atoms with E-state index in [-0.39, 0.29) is 5.56 Å². The molecule has 21 heavy (non-hydrogen) atoms. The zero-order valence-corrected chi connectivity index (χ0v) is 11.8. The van der Waals surface area contributed by atoms with E-state index in [1.54, 1.807) is 31.2 Å². The molecule has 6 heteroatoms.